The molecule has 1 amide bonds. The molecular formula is C25H23N3O8S. The molecule has 5 rings (SSSR count). The van der Waals surface area contributed by atoms with Gasteiger partial charge in [0.15, 0.2) is 23.0 Å². The van der Waals surface area contributed by atoms with E-state index in [1.807, 2.05) is 0 Å². The van der Waals surface area contributed by atoms with Crippen molar-refractivity contribution in [2.75, 3.05) is 39.4 Å². The lowest BCUT2D eigenvalue weighted by atomic mass is 9.94. The monoisotopic (exact) mass is 525 g/mol. The highest BCUT2D eigenvalue weighted by Crippen LogP contribution is 2.48. The lowest BCUT2D eigenvalue weighted by Gasteiger charge is -2.24. The van der Waals surface area contributed by atoms with Crippen molar-refractivity contribution in [3.8, 4) is 28.7 Å². The Morgan fingerprint density at radius 2 is 1.68 bits per heavy atom. The van der Waals surface area contributed by atoms with Crippen LogP contribution in [0.2, 0.25) is 0 Å². The molecule has 0 spiro atoms. The number of Topliss-reactive ketones (excluding diaryl/α,β-unsaturated/α-hetero) is 1. The number of rotatable bonds is 6. The summed E-state index contributed by atoms with van der Waals surface area (Å²) in [5, 5.41) is 20.3. The van der Waals surface area contributed by atoms with Gasteiger partial charge in [-0.3, -0.25) is 14.5 Å². The normalized spacial score (nSPS) is 18.2. The summed E-state index contributed by atoms with van der Waals surface area (Å²) in [7, 11) is 4.39. The van der Waals surface area contributed by atoms with E-state index in [1.54, 1.807) is 37.3 Å². The van der Waals surface area contributed by atoms with Gasteiger partial charge in [0.25, 0.3) is 5.78 Å². The second-order valence-corrected chi connectivity index (χ2v) is 9.25. The molecule has 3 heterocycles. The van der Waals surface area contributed by atoms with Crippen LogP contribution in [0.25, 0.3) is 5.76 Å². The van der Waals surface area contributed by atoms with Crippen LogP contribution in [0.15, 0.2) is 35.9 Å². The zero-order valence-electron chi connectivity index (χ0n) is 20.4. The number of amides is 1. The highest BCUT2D eigenvalue weighted by atomic mass is 32.1. The molecule has 1 N–H and O–H groups in total. The first kappa shape index (κ1) is 24.4. The molecular weight excluding hydrogens is 502 g/mol. The van der Waals surface area contributed by atoms with E-state index in [-0.39, 0.29) is 22.0 Å². The van der Waals surface area contributed by atoms with Crippen molar-refractivity contribution in [2.45, 2.75) is 13.0 Å². The number of carbonyl (C=O) groups excluding carboxylic acids is 2. The number of ketones is 1. The fraction of sp³-hybridized carbons (Fsp3) is 0.280. The molecule has 1 aromatic heterocycles. The van der Waals surface area contributed by atoms with Crippen LogP contribution in [0.1, 0.15) is 22.2 Å². The SMILES string of the molecule is COc1cc(C2C(=C(O)c3ccc4c(c3)OCCO4)C(=O)C(=O)N2c2nnc(C)s2)cc(OC)c1OC. The molecule has 192 valence electrons. The molecule has 11 nitrogen and oxygen atoms in total. The second-order valence-electron chi connectivity index (χ2n) is 8.09. The quantitative estimate of drug-likeness (QED) is 0.291. The summed E-state index contributed by atoms with van der Waals surface area (Å²) >= 11 is 1.15. The zero-order chi connectivity index (χ0) is 26.3. The van der Waals surface area contributed by atoms with E-state index in [2.05, 4.69) is 10.2 Å². The van der Waals surface area contributed by atoms with Crippen molar-refractivity contribution < 1.29 is 38.4 Å². The average molecular weight is 526 g/mol. The van der Waals surface area contributed by atoms with Gasteiger partial charge in [0.05, 0.1) is 32.9 Å². The number of methoxy groups -OCH3 is 3. The molecule has 37 heavy (non-hydrogen) atoms. The molecule has 0 aliphatic carbocycles. The highest BCUT2D eigenvalue weighted by molar-refractivity contribution is 7.15. The van der Waals surface area contributed by atoms with E-state index in [0.717, 1.165) is 11.3 Å². The maximum absolute atomic E-state index is 13.4. The number of hydrogen-bond donors (Lipinski definition) is 1. The molecule has 0 bridgehead atoms. The van der Waals surface area contributed by atoms with Crippen LogP contribution < -0.4 is 28.6 Å². The highest BCUT2D eigenvalue weighted by Gasteiger charge is 2.49. The number of aryl methyl sites for hydroxylation is 1. The van der Waals surface area contributed by atoms with Gasteiger partial charge in [-0.05, 0) is 42.8 Å². The van der Waals surface area contributed by atoms with Gasteiger partial charge in [0.2, 0.25) is 10.9 Å². The number of benzene rings is 2. The summed E-state index contributed by atoms with van der Waals surface area (Å²) in [6.45, 7) is 2.50. The number of hydrogen-bond acceptors (Lipinski definition) is 11. The van der Waals surface area contributed by atoms with Crippen molar-refractivity contribution in [1.29, 1.82) is 0 Å². The molecule has 1 saturated heterocycles. The Morgan fingerprint density at radius 3 is 2.27 bits per heavy atom. The van der Waals surface area contributed by atoms with Gasteiger partial charge in [-0.15, -0.1) is 10.2 Å². The minimum atomic E-state index is -1.06. The Kier molecular flexibility index (Phi) is 6.34. The van der Waals surface area contributed by atoms with Crippen LogP contribution in [0.5, 0.6) is 28.7 Å². The number of aromatic nitrogens is 2. The molecule has 1 atom stereocenters. The molecule has 3 aromatic rings. The fourth-order valence-corrected chi connectivity index (χ4v) is 5.05. The Morgan fingerprint density at radius 1 is 1.00 bits per heavy atom. The number of aliphatic hydroxyl groups excluding tert-OH is 1. The van der Waals surface area contributed by atoms with E-state index in [0.29, 0.717) is 52.5 Å². The Hall–Kier alpha value is -4.32. The van der Waals surface area contributed by atoms with Crippen LogP contribution >= 0.6 is 11.3 Å². The minimum Gasteiger partial charge on any atom is -0.507 e. The first-order valence-electron chi connectivity index (χ1n) is 11.2. The summed E-state index contributed by atoms with van der Waals surface area (Å²) in [4.78, 5) is 28.0. The van der Waals surface area contributed by atoms with Gasteiger partial charge in [-0.2, -0.15) is 0 Å². The maximum Gasteiger partial charge on any atom is 0.301 e. The van der Waals surface area contributed by atoms with Gasteiger partial charge in [-0.25, -0.2) is 0 Å². The Bertz CT molecular complexity index is 1410. The van der Waals surface area contributed by atoms with Crippen LogP contribution in [0.3, 0.4) is 0 Å². The van der Waals surface area contributed by atoms with Gasteiger partial charge < -0.3 is 28.8 Å². The number of anilines is 1. The lowest BCUT2D eigenvalue weighted by Crippen LogP contribution is -2.29. The van der Waals surface area contributed by atoms with Crippen molar-refractivity contribution in [3.05, 3.63) is 52.0 Å². The number of ether oxygens (including phenoxy) is 5. The predicted molar refractivity (Wildman–Crippen MR) is 133 cm³/mol. The maximum atomic E-state index is 13.4. The zero-order valence-corrected chi connectivity index (χ0v) is 21.2. The van der Waals surface area contributed by atoms with Crippen molar-refractivity contribution in [2.24, 2.45) is 0 Å². The number of carbonyl (C=O) groups is 2. The summed E-state index contributed by atoms with van der Waals surface area (Å²) in [6.07, 6.45) is 0. The Balaban J connectivity index is 1.74. The standard InChI is InChI=1S/C25H23N3O8S/c1-12-26-27-25(37-12)28-20(14-10-17(32-2)23(34-4)18(11-14)33-3)19(22(30)24(28)31)21(29)13-5-6-15-16(9-13)36-8-7-35-15/h5-6,9-11,20,29H,7-8H2,1-4H3. The topological polar surface area (TPSA) is 130 Å². The van der Waals surface area contributed by atoms with Gasteiger partial charge in [-0.1, -0.05) is 11.3 Å². The number of aliphatic hydroxyl groups is 1. The predicted octanol–water partition coefficient (Wildman–Crippen LogP) is 3.27. The molecule has 12 heteroatoms. The van der Waals surface area contributed by atoms with Crippen molar-refractivity contribution >= 4 is 33.9 Å². The molecule has 2 aliphatic rings. The molecule has 0 saturated carbocycles. The number of fused-ring (bicyclic) bond motifs is 1. The summed E-state index contributed by atoms with van der Waals surface area (Å²) < 4.78 is 27.6. The first-order chi connectivity index (χ1) is 17.9. The van der Waals surface area contributed by atoms with Gasteiger partial charge in [0, 0.05) is 5.56 Å². The van der Waals surface area contributed by atoms with Gasteiger partial charge >= 0.3 is 5.91 Å². The van der Waals surface area contributed by atoms with Crippen LogP contribution in [-0.2, 0) is 9.59 Å². The minimum absolute atomic E-state index is 0.135. The largest absolute Gasteiger partial charge is 0.507 e. The van der Waals surface area contributed by atoms with E-state index >= 15 is 0 Å². The van der Waals surface area contributed by atoms with E-state index in [4.69, 9.17) is 23.7 Å². The third-order valence-electron chi connectivity index (χ3n) is 5.98. The fourth-order valence-electron chi connectivity index (χ4n) is 4.33. The van der Waals surface area contributed by atoms with Crippen LogP contribution in [-0.4, -0.2) is 61.5 Å². The van der Waals surface area contributed by atoms with Crippen molar-refractivity contribution in [1.82, 2.24) is 10.2 Å². The summed E-state index contributed by atoms with van der Waals surface area (Å²) in [5.74, 6) is -0.192. The summed E-state index contributed by atoms with van der Waals surface area (Å²) in [5.41, 5.74) is 0.581. The average Bonchev–Trinajstić information content (AvgIpc) is 3.46. The van der Waals surface area contributed by atoms with Crippen LogP contribution in [0, 0.1) is 6.92 Å². The van der Waals surface area contributed by atoms with Crippen LogP contribution in [0.4, 0.5) is 5.13 Å². The lowest BCUT2D eigenvalue weighted by molar-refractivity contribution is -0.132. The summed E-state index contributed by atoms with van der Waals surface area (Å²) in [6, 6.07) is 6.98. The Labute approximate surface area is 215 Å². The smallest absolute Gasteiger partial charge is 0.301 e. The van der Waals surface area contributed by atoms with E-state index in [9.17, 15) is 14.7 Å². The molecule has 2 aliphatic heterocycles. The van der Waals surface area contributed by atoms with E-state index in [1.165, 1.54) is 26.2 Å². The van der Waals surface area contributed by atoms with Gasteiger partial charge in [0.1, 0.15) is 24.0 Å². The second kappa shape index (κ2) is 9.62. The molecule has 1 unspecified atom stereocenters. The third kappa shape index (κ3) is 4.08. The molecule has 2 aromatic carbocycles. The third-order valence-corrected chi connectivity index (χ3v) is 6.82. The molecule has 1 fully saturated rings. The van der Waals surface area contributed by atoms with E-state index < -0.39 is 17.7 Å². The first-order valence-corrected chi connectivity index (χ1v) is 12.0. The van der Waals surface area contributed by atoms with Crippen molar-refractivity contribution in [3.63, 3.8) is 0 Å². The molecule has 0 radical (unpaired) electrons. The number of nitrogens with zero attached hydrogens (tertiary/aromatic N) is 3.